The summed E-state index contributed by atoms with van der Waals surface area (Å²) in [6.45, 7) is 2.28. The fourth-order valence-corrected chi connectivity index (χ4v) is 1.89. The average molecular weight is 258 g/mol. The van der Waals surface area contributed by atoms with Crippen molar-refractivity contribution in [1.82, 2.24) is 0 Å². The number of carbonyl (C=O) groups is 1. The Morgan fingerprint density at radius 1 is 1.41 bits per heavy atom. The summed E-state index contributed by atoms with van der Waals surface area (Å²) < 4.78 is 27.8. The molecule has 0 aliphatic rings. The maximum Gasteiger partial charge on any atom is 0.339 e. The van der Waals surface area contributed by atoms with Crippen LogP contribution in [-0.4, -0.2) is 32.4 Å². The highest BCUT2D eigenvalue weighted by Gasteiger charge is 2.16. The van der Waals surface area contributed by atoms with Gasteiger partial charge in [-0.15, -0.1) is 0 Å². The standard InChI is InChI=1S/C11H14O5S/c1-3-6-16-10-5-4-8(17(2,14)15)7-9(10)11(12)13/h4-5,7H,3,6H2,1-2H3,(H,12,13). The lowest BCUT2D eigenvalue weighted by Crippen LogP contribution is -2.06. The summed E-state index contributed by atoms with van der Waals surface area (Å²) in [4.78, 5) is 11.0. The third-order valence-electron chi connectivity index (χ3n) is 2.07. The molecule has 0 saturated heterocycles. The van der Waals surface area contributed by atoms with Gasteiger partial charge < -0.3 is 9.84 Å². The van der Waals surface area contributed by atoms with Gasteiger partial charge >= 0.3 is 5.97 Å². The van der Waals surface area contributed by atoms with Crippen molar-refractivity contribution in [2.45, 2.75) is 18.2 Å². The highest BCUT2D eigenvalue weighted by molar-refractivity contribution is 7.90. The zero-order chi connectivity index (χ0) is 13.1. The lowest BCUT2D eigenvalue weighted by atomic mass is 10.2. The van der Waals surface area contributed by atoms with Crippen LogP contribution in [0.2, 0.25) is 0 Å². The first-order valence-corrected chi connectivity index (χ1v) is 6.95. The molecule has 94 valence electrons. The topological polar surface area (TPSA) is 80.7 Å². The number of ether oxygens (including phenoxy) is 1. The number of rotatable bonds is 5. The summed E-state index contributed by atoms with van der Waals surface area (Å²) >= 11 is 0. The van der Waals surface area contributed by atoms with Crippen molar-refractivity contribution in [2.75, 3.05) is 12.9 Å². The Kier molecular flexibility index (Phi) is 4.11. The number of carboxylic acid groups (broad SMARTS) is 1. The fraction of sp³-hybridized carbons (Fsp3) is 0.364. The number of hydrogen-bond donors (Lipinski definition) is 1. The molecule has 0 bridgehead atoms. The smallest absolute Gasteiger partial charge is 0.339 e. The predicted octanol–water partition coefficient (Wildman–Crippen LogP) is 1.58. The van der Waals surface area contributed by atoms with E-state index in [-0.39, 0.29) is 16.2 Å². The lowest BCUT2D eigenvalue weighted by molar-refractivity contribution is 0.0692. The maximum atomic E-state index is 11.3. The van der Waals surface area contributed by atoms with Crippen LogP contribution in [0.15, 0.2) is 23.1 Å². The largest absolute Gasteiger partial charge is 0.493 e. The van der Waals surface area contributed by atoms with Crippen LogP contribution in [0.4, 0.5) is 0 Å². The molecule has 0 aliphatic carbocycles. The van der Waals surface area contributed by atoms with Crippen molar-refractivity contribution in [1.29, 1.82) is 0 Å². The van der Waals surface area contributed by atoms with Crippen LogP contribution < -0.4 is 4.74 Å². The van der Waals surface area contributed by atoms with Gasteiger partial charge in [0.15, 0.2) is 9.84 Å². The highest BCUT2D eigenvalue weighted by atomic mass is 32.2. The van der Waals surface area contributed by atoms with Crippen molar-refractivity contribution >= 4 is 15.8 Å². The molecule has 0 spiro atoms. The number of carboxylic acids is 1. The number of benzene rings is 1. The summed E-state index contributed by atoms with van der Waals surface area (Å²) in [6.07, 6.45) is 1.77. The Hall–Kier alpha value is -1.56. The van der Waals surface area contributed by atoms with Gasteiger partial charge in [-0.3, -0.25) is 0 Å². The highest BCUT2D eigenvalue weighted by Crippen LogP contribution is 2.23. The van der Waals surface area contributed by atoms with Crippen molar-refractivity contribution < 1.29 is 23.1 Å². The zero-order valence-corrected chi connectivity index (χ0v) is 10.5. The Bertz CT molecular complexity index is 519. The quantitative estimate of drug-likeness (QED) is 0.867. The molecule has 6 heteroatoms. The van der Waals surface area contributed by atoms with E-state index in [4.69, 9.17) is 9.84 Å². The third-order valence-corrected chi connectivity index (χ3v) is 3.18. The van der Waals surface area contributed by atoms with Crippen molar-refractivity contribution in [3.8, 4) is 5.75 Å². The Balaban J connectivity index is 3.22. The Morgan fingerprint density at radius 3 is 2.53 bits per heavy atom. The van der Waals surface area contributed by atoms with Gasteiger partial charge in [0.25, 0.3) is 0 Å². The molecule has 1 aromatic rings. The van der Waals surface area contributed by atoms with Crippen molar-refractivity contribution in [3.63, 3.8) is 0 Å². The van der Waals surface area contributed by atoms with E-state index in [1.165, 1.54) is 12.1 Å². The second-order valence-electron chi connectivity index (χ2n) is 3.58. The Labute approximate surface area is 100.0 Å². The molecular formula is C11H14O5S. The fourth-order valence-electron chi connectivity index (χ4n) is 1.24. The van der Waals surface area contributed by atoms with Crippen LogP contribution in [0.5, 0.6) is 5.75 Å². The van der Waals surface area contributed by atoms with Gasteiger partial charge in [-0.25, -0.2) is 13.2 Å². The predicted molar refractivity (Wildman–Crippen MR) is 62.3 cm³/mol. The molecule has 0 radical (unpaired) electrons. The zero-order valence-electron chi connectivity index (χ0n) is 9.63. The minimum atomic E-state index is -3.41. The van der Waals surface area contributed by atoms with Gasteiger partial charge in [0.2, 0.25) is 0 Å². The summed E-state index contributed by atoms with van der Waals surface area (Å²) in [6, 6.07) is 3.82. The van der Waals surface area contributed by atoms with E-state index in [0.29, 0.717) is 6.61 Å². The van der Waals surface area contributed by atoms with E-state index in [1.54, 1.807) is 0 Å². The molecule has 0 saturated carbocycles. The van der Waals surface area contributed by atoms with Crippen LogP contribution in [-0.2, 0) is 9.84 Å². The summed E-state index contributed by atoms with van der Waals surface area (Å²) in [5.74, 6) is -1.02. The number of hydrogen-bond acceptors (Lipinski definition) is 4. The molecule has 17 heavy (non-hydrogen) atoms. The third kappa shape index (κ3) is 3.45. The van der Waals surface area contributed by atoms with E-state index in [1.807, 2.05) is 6.92 Å². The minimum absolute atomic E-state index is 0.0289. The van der Waals surface area contributed by atoms with Gasteiger partial charge in [-0.1, -0.05) is 6.92 Å². The monoisotopic (exact) mass is 258 g/mol. The van der Waals surface area contributed by atoms with E-state index in [9.17, 15) is 13.2 Å². The second-order valence-corrected chi connectivity index (χ2v) is 5.60. The molecular weight excluding hydrogens is 244 g/mol. The van der Waals surface area contributed by atoms with E-state index in [2.05, 4.69) is 0 Å². The summed E-state index contributed by atoms with van der Waals surface area (Å²) in [7, 11) is -3.41. The van der Waals surface area contributed by atoms with E-state index in [0.717, 1.165) is 18.7 Å². The molecule has 0 aliphatic heterocycles. The molecule has 0 fully saturated rings. The number of sulfone groups is 1. The SMILES string of the molecule is CCCOc1ccc(S(C)(=O)=O)cc1C(=O)O. The first-order chi connectivity index (χ1) is 7.86. The lowest BCUT2D eigenvalue weighted by Gasteiger charge is -2.09. The maximum absolute atomic E-state index is 11.3. The molecule has 0 atom stereocenters. The first kappa shape index (κ1) is 13.5. The van der Waals surface area contributed by atoms with Crippen molar-refractivity contribution in [3.05, 3.63) is 23.8 Å². The number of aromatic carboxylic acids is 1. The van der Waals surface area contributed by atoms with Crippen LogP contribution >= 0.6 is 0 Å². The van der Waals surface area contributed by atoms with E-state index >= 15 is 0 Å². The normalized spacial score (nSPS) is 11.2. The summed E-state index contributed by atoms with van der Waals surface area (Å²) in [5, 5.41) is 8.98. The molecule has 0 unspecified atom stereocenters. The van der Waals surface area contributed by atoms with Crippen LogP contribution in [0.3, 0.4) is 0 Å². The van der Waals surface area contributed by atoms with Crippen LogP contribution in [0.25, 0.3) is 0 Å². The Morgan fingerprint density at radius 2 is 2.06 bits per heavy atom. The van der Waals surface area contributed by atoms with Gasteiger partial charge in [0.05, 0.1) is 11.5 Å². The van der Waals surface area contributed by atoms with Gasteiger partial charge in [0, 0.05) is 6.26 Å². The minimum Gasteiger partial charge on any atom is -0.493 e. The van der Waals surface area contributed by atoms with Crippen molar-refractivity contribution in [2.24, 2.45) is 0 Å². The van der Waals surface area contributed by atoms with E-state index < -0.39 is 15.8 Å². The van der Waals surface area contributed by atoms with Gasteiger partial charge in [-0.05, 0) is 24.6 Å². The molecule has 0 aromatic heterocycles. The summed E-state index contributed by atoms with van der Waals surface area (Å²) in [5.41, 5.74) is -0.138. The first-order valence-electron chi connectivity index (χ1n) is 5.06. The molecule has 5 nitrogen and oxygen atoms in total. The van der Waals surface area contributed by atoms with Gasteiger partial charge in [-0.2, -0.15) is 0 Å². The van der Waals surface area contributed by atoms with Gasteiger partial charge in [0.1, 0.15) is 11.3 Å². The molecule has 0 heterocycles. The molecule has 1 N–H and O–H groups in total. The van der Waals surface area contributed by atoms with Crippen LogP contribution in [0.1, 0.15) is 23.7 Å². The van der Waals surface area contributed by atoms with Crippen LogP contribution in [0, 0.1) is 0 Å². The molecule has 0 amide bonds. The second kappa shape index (κ2) is 5.18. The average Bonchev–Trinajstić information content (AvgIpc) is 2.24. The molecule has 1 aromatic carbocycles. The molecule has 1 rings (SSSR count).